The van der Waals surface area contributed by atoms with E-state index in [4.69, 9.17) is 11.6 Å². The number of carbonyl (C=O) groups is 1. The summed E-state index contributed by atoms with van der Waals surface area (Å²) in [6.07, 6.45) is 0.126. The largest absolute Gasteiger partial charge is 0.359 e. The van der Waals surface area contributed by atoms with Crippen LogP contribution < -0.4 is 10.0 Å². The second kappa shape index (κ2) is 6.68. The molecule has 0 saturated heterocycles. The molecule has 0 aliphatic rings. The summed E-state index contributed by atoms with van der Waals surface area (Å²) >= 11 is 7.30. The molecule has 118 valence electrons. The van der Waals surface area contributed by atoms with E-state index in [1.54, 1.807) is 30.5 Å². The molecule has 0 fully saturated rings. The van der Waals surface area contributed by atoms with Crippen molar-refractivity contribution in [3.8, 4) is 0 Å². The number of benzene rings is 1. The zero-order valence-corrected chi connectivity index (χ0v) is 14.4. The minimum absolute atomic E-state index is 0.122. The van der Waals surface area contributed by atoms with E-state index in [1.807, 2.05) is 0 Å². The van der Waals surface area contributed by atoms with E-state index >= 15 is 0 Å². The second-order valence-electron chi connectivity index (χ2n) is 4.58. The van der Waals surface area contributed by atoms with Crippen LogP contribution in [0.2, 0.25) is 5.02 Å². The maximum atomic E-state index is 12.5. The lowest BCUT2D eigenvalue weighted by Gasteiger charge is -2.11. The van der Waals surface area contributed by atoms with Gasteiger partial charge in [-0.3, -0.25) is 9.52 Å². The van der Waals surface area contributed by atoms with Gasteiger partial charge in [0.2, 0.25) is 5.91 Å². The van der Waals surface area contributed by atoms with Crippen LogP contribution in [-0.4, -0.2) is 21.4 Å². The van der Waals surface area contributed by atoms with E-state index in [0.29, 0.717) is 21.2 Å². The number of halogens is 1. The Bertz CT molecular complexity index is 800. The van der Waals surface area contributed by atoms with E-state index in [2.05, 4.69) is 10.0 Å². The van der Waals surface area contributed by atoms with Crippen molar-refractivity contribution in [1.82, 2.24) is 5.32 Å². The molecule has 2 N–H and O–H groups in total. The van der Waals surface area contributed by atoms with Gasteiger partial charge in [-0.05, 0) is 36.1 Å². The predicted molar refractivity (Wildman–Crippen MR) is 89.1 cm³/mol. The molecule has 1 heterocycles. The van der Waals surface area contributed by atoms with Crippen LogP contribution in [-0.2, 0) is 21.2 Å². The summed E-state index contributed by atoms with van der Waals surface area (Å²) in [6.45, 7) is 1.65. The van der Waals surface area contributed by atoms with E-state index in [0.717, 1.165) is 0 Å². The molecule has 0 saturated carbocycles. The SMILES string of the molecule is CNC(=O)Cc1sccc1NS(=O)(=O)c1cccc(Cl)c1C. The molecular formula is C14H15ClN2O3S2. The molecule has 0 atom stereocenters. The average Bonchev–Trinajstić information content (AvgIpc) is 2.87. The summed E-state index contributed by atoms with van der Waals surface area (Å²) < 4.78 is 27.6. The van der Waals surface area contributed by atoms with Crippen molar-refractivity contribution < 1.29 is 13.2 Å². The quantitative estimate of drug-likeness (QED) is 0.863. The van der Waals surface area contributed by atoms with Gasteiger partial charge in [-0.25, -0.2) is 8.42 Å². The van der Waals surface area contributed by atoms with Gasteiger partial charge in [0, 0.05) is 16.9 Å². The molecule has 8 heteroatoms. The lowest BCUT2D eigenvalue weighted by molar-refractivity contribution is -0.119. The number of nitrogens with one attached hydrogen (secondary N) is 2. The van der Waals surface area contributed by atoms with Gasteiger partial charge in [0.25, 0.3) is 10.0 Å². The number of sulfonamides is 1. The summed E-state index contributed by atoms with van der Waals surface area (Å²) in [7, 11) is -2.22. The first-order chi connectivity index (χ1) is 10.3. The van der Waals surface area contributed by atoms with E-state index in [9.17, 15) is 13.2 Å². The Labute approximate surface area is 138 Å². The highest BCUT2D eigenvalue weighted by atomic mass is 35.5. The number of hydrogen-bond acceptors (Lipinski definition) is 4. The zero-order chi connectivity index (χ0) is 16.3. The number of rotatable bonds is 5. The maximum absolute atomic E-state index is 12.5. The molecule has 1 amide bonds. The maximum Gasteiger partial charge on any atom is 0.262 e. The van der Waals surface area contributed by atoms with Crippen molar-refractivity contribution in [3.63, 3.8) is 0 Å². The van der Waals surface area contributed by atoms with Crippen LogP contribution in [0.5, 0.6) is 0 Å². The lowest BCUT2D eigenvalue weighted by Crippen LogP contribution is -2.21. The van der Waals surface area contributed by atoms with Gasteiger partial charge in [0.1, 0.15) is 0 Å². The molecule has 0 bridgehead atoms. The smallest absolute Gasteiger partial charge is 0.262 e. The number of carbonyl (C=O) groups excluding carboxylic acids is 1. The van der Waals surface area contributed by atoms with Gasteiger partial charge in [-0.15, -0.1) is 11.3 Å². The monoisotopic (exact) mass is 358 g/mol. The van der Waals surface area contributed by atoms with Gasteiger partial charge in [0.15, 0.2) is 0 Å². The van der Waals surface area contributed by atoms with Gasteiger partial charge >= 0.3 is 0 Å². The third-order valence-electron chi connectivity index (χ3n) is 3.10. The summed E-state index contributed by atoms with van der Waals surface area (Å²) in [6, 6.07) is 6.36. The third-order valence-corrected chi connectivity index (χ3v) is 5.94. The van der Waals surface area contributed by atoms with Crippen LogP contribution in [0.4, 0.5) is 5.69 Å². The number of anilines is 1. The molecule has 1 aromatic heterocycles. The van der Waals surface area contributed by atoms with Crippen molar-refractivity contribution in [2.24, 2.45) is 0 Å². The number of thiophene rings is 1. The van der Waals surface area contributed by atoms with Gasteiger partial charge in [-0.1, -0.05) is 17.7 Å². The molecular weight excluding hydrogens is 344 g/mol. The first kappa shape index (κ1) is 16.8. The first-order valence-corrected chi connectivity index (χ1v) is 9.14. The fourth-order valence-corrected chi connectivity index (χ4v) is 4.37. The van der Waals surface area contributed by atoms with Gasteiger partial charge < -0.3 is 5.32 Å². The minimum atomic E-state index is -3.76. The first-order valence-electron chi connectivity index (χ1n) is 6.40. The normalized spacial score (nSPS) is 11.2. The summed E-state index contributed by atoms with van der Waals surface area (Å²) in [5, 5.41) is 4.64. The van der Waals surface area contributed by atoms with Crippen LogP contribution in [0, 0.1) is 6.92 Å². The predicted octanol–water partition coefficient (Wildman–Crippen LogP) is 2.80. The fraction of sp³-hybridized carbons (Fsp3) is 0.214. The van der Waals surface area contributed by atoms with Crippen molar-refractivity contribution in [2.45, 2.75) is 18.2 Å². The molecule has 1 aromatic carbocycles. The third kappa shape index (κ3) is 3.60. The van der Waals surface area contributed by atoms with Crippen molar-refractivity contribution in [3.05, 3.63) is 45.1 Å². The summed E-state index contributed by atoms with van der Waals surface area (Å²) in [5.74, 6) is -0.179. The van der Waals surface area contributed by atoms with Crippen molar-refractivity contribution in [2.75, 3.05) is 11.8 Å². The molecule has 2 aromatic rings. The number of hydrogen-bond donors (Lipinski definition) is 2. The van der Waals surface area contributed by atoms with E-state index in [1.165, 1.54) is 24.5 Å². The minimum Gasteiger partial charge on any atom is -0.359 e. The molecule has 0 aliphatic carbocycles. The molecule has 22 heavy (non-hydrogen) atoms. The number of amides is 1. The highest BCUT2D eigenvalue weighted by Crippen LogP contribution is 2.28. The van der Waals surface area contributed by atoms with Crippen LogP contribution in [0.25, 0.3) is 0 Å². The fourth-order valence-electron chi connectivity index (χ4n) is 1.88. The van der Waals surface area contributed by atoms with Crippen molar-refractivity contribution >= 4 is 44.6 Å². The van der Waals surface area contributed by atoms with Crippen LogP contribution in [0.15, 0.2) is 34.5 Å². The van der Waals surface area contributed by atoms with Crippen LogP contribution in [0.3, 0.4) is 0 Å². The topological polar surface area (TPSA) is 75.3 Å². The Balaban J connectivity index is 2.32. The van der Waals surface area contributed by atoms with Crippen LogP contribution >= 0.6 is 22.9 Å². The Hall–Kier alpha value is -1.57. The molecule has 0 aliphatic heterocycles. The zero-order valence-electron chi connectivity index (χ0n) is 12.0. The highest BCUT2D eigenvalue weighted by molar-refractivity contribution is 7.92. The highest BCUT2D eigenvalue weighted by Gasteiger charge is 2.20. The summed E-state index contributed by atoms with van der Waals surface area (Å²) in [4.78, 5) is 12.2. The second-order valence-corrected chi connectivity index (χ2v) is 7.63. The lowest BCUT2D eigenvalue weighted by atomic mass is 10.2. The standard InChI is InChI=1S/C14H15ClN2O3S2/c1-9-10(15)4-3-5-13(9)22(19,20)17-11-6-7-21-12(11)8-14(18)16-2/h3-7,17H,8H2,1-2H3,(H,16,18). The van der Waals surface area contributed by atoms with Crippen molar-refractivity contribution in [1.29, 1.82) is 0 Å². The van der Waals surface area contributed by atoms with Gasteiger partial charge in [0.05, 0.1) is 17.0 Å². The van der Waals surface area contributed by atoms with E-state index in [-0.39, 0.29) is 17.2 Å². The molecule has 0 unspecified atom stereocenters. The average molecular weight is 359 g/mol. The Morgan fingerprint density at radius 2 is 2.05 bits per heavy atom. The summed E-state index contributed by atoms with van der Waals surface area (Å²) in [5.41, 5.74) is 0.896. The van der Waals surface area contributed by atoms with Crippen LogP contribution in [0.1, 0.15) is 10.4 Å². The molecule has 0 radical (unpaired) electrons. The van der Waals surface area contributed by atoms with Gasteiger partial charge in [-0.2, -0.15) is 0 Å². The molecule has 5 nitrogen and oxygen atoms in total. The van der Waals surface area contributed by atoms with E-state index < -0.39 is 10.0 Å². The molecule has 2 rings (SSSR count). The Kier molecular flexibility index (Phi) is 5.10. The Morgan fingerprint density at radius 1 is 1.32 bits per heavy atom. The number of likely N-dealkylation sites (N-methyl/N-ethyl adjacent to an activating group) is 1. The Morgan fingerprint density at radius 3 is 2.73 bits per heavy atom. The molecule has 0 spiro atoms.